The highest BCUT2D eigenvalue weighted by molar-refractivity contribution is 7.89. The molecular formula is C11H11FN2O4S. The second-order valence-electron chi connectivity index (χ2n) is 3.60. The normalized spacial score (nSPS) is 11.5. The maximum Gasteiger partial charge on any atom is 0.241 e. The lowest BCUT2D eigenvalue weighted by atomic mass is 10.3. The van der Waals surface area contributed by atoms with Crippen molar-refractivity contribution in [3.63, 3.8) is 0 Å². The number of sulfonamides is 1. The number of methoxy groups -OCH3 is 1. The molecule has 0 spiro atoms. The average Bonchev–Trinajstić information content (AvgIpc) is 2.89. The second kappa shape index (κ2) is 5.37. The molecule has 0 amide bonds. The molecule has 1 aromatic heterocycles. The van der Waals surface area contributed by atoms with E-state index < -0.39 is 15.8 Å². The van der Waals surface area contributed by atoms with Crippen molar-refractivity contribution >= 4 is 10.0 Å². The van der Waals surface area contributed by atoms with E-state index in [0.717, 1.165) is 6.07 Å². The number of ether oxygens (including phenoxy) is 1. The van der Waals surface area contributed by atoms with Gasteiger partial charge in [0.15, 0.2) is 17.3 Å². The van der Waals surface area contributed by atoms with E-state index in [1.165, 1.54) is 31.5 Å². The number of halogens is 1. The third-order valence-electron chi connectivity index (χ3n) is 2.36. The number of nitrogens with zero attached hydrogens (tertiary/aromatic N) is 1. The van der Waals surface area contributed by atoms with Gasteiger partial charge in [-0.1, -0.05) is 5.16 Å². The van der Waals surface area contributed by atoms with Crippen LogP contribution in [0.5, 0.6) is 5.75 Å². The molecule has 2 rings (SSSR count). The van der Waals surface area contributed by atoms with Crippen molar-refractivity contribution in [2.45, 2.75) is 11.4 Å². The molecule has 0 fully saturated rings. The minimum absolute atomic E-state index is 0.0193. The van der Waals surface area contributed by atoms with E-state index in [-0.39, 0.29) is 17.2 Å². The Kier molecular flexibility index (Phi) is 3.82. The van der Waals surface area contributed by atoms with Crippen molar-refractivity contribution in [2.75, 3.05) is 7.11 Å². The maximum atomic E-state index is 13.4. The van der Waals surface area contributed by atoms with Crippen LogP contribution >= 0.6 is 0 Å². The summed E-state index contributed by atoms with van der Waals surface area (Å²) in [5.41, 5.74) is 0. The van der Waals surface area contributed by atoms with Crippen LogP contribution in [0.4, 0.5) is 4.39 Å². The summed E-state index contributed by atoms with van der Waals surface area (Å²) < 4.78 is 49.0. The number of rotatable bonds is 5. The van der Waals surface area contributed by atoms with Crippen LogP contribution in [0.3, 0.4) is 0 Å². The summed E-state index contributed by atoms with van der Waals surface area (Å²) in [6.07, 6.45) is 1.40. The highest BCUT2D eigenvalue weighted by atomic mass is 32.2. The summed E-state index contributed by atoms with van der Waals surface area (Å²) in [7, 11) is -2.52. The SMILES string of the molecule is COc1ccc(S(=O)(=O)NCc2ccno2)cc1F. The first-order valence-electron chi connectivity index (χ1n) is 5.25. The quantitative estimate of drug-likeness (QED) is 0.896. The van der Waals surface area contributed by atoms with E-state index in [1.807, 2.05) is 0 Å². The van der Waals surface area contributed by atoms with Crippen molar-refractivity contribution in [3.05, 3.63) is 42.0 Å². The van der Waals surface area contributed by atoms with Crippen LogP contribution in [0, 0.1) is 5.82 Å². The summed E-state index contributed by atoms with van der Waals surface area (Å²) in [6, 6.07) is 4.92. The smallest absolute Gasteiger partial charge is 0.241 e. The molecule has 102 valence electrons. The Morgan fingerprint density at radius 2 is 2.21 bits per heavy atom. The van der Waals surface area contributed by atoms with Crippen molar-refractivity contribution in [1.82, 2.24) is 9.88 Å². The zero-order chi connectivity index (χ0) is 13.9. The Balaban J connectivity index is 2.17. The highest BCUT2D eigenvalue weighted by Gasteiger charge is 2.17. The van der Waals surface area contributed by atoms with Crippen molar-refractivity contribution in [1.29, 1.82) is 0 Å². The van der Waals surface area contributed by atoms with E-state index in [2.05, 4.69) is 9.88 Å². The molecule has 0 saturated heterocycles. The molecule has 0 aliphatic carbocycles. The lowest BCUT2D eigenvalue weighted by Crippen LogP contribution is -2.23. The molecule has 0 aliphatic rings. The van der Waals surface area contributed by atoms with Gasteiger partial charge < -0.3 is 9.26 Å². The van der Waals surface area contributed by atoms with E-state index in [4.69, 9.17) is 9.26 Å². The van der Waals surface area contributed by atoms with Gasteiger partial charge in [-0.25, -0.2) is 17.5 Å². The van der Waals surface area contributed by atoms with Crippen LogP contribution in [-0.2, 0) is 16.6 Å². The first-order chi connectivity index (χ1) is 9.03. The minimum Gasteiger partial charge on any atom is -0.494 e. The van der Waals surface area contributed by atoms with Gasteiger partial charge in [0.05, 0.1) is 24.7 Å². The number of aromatic nitrogens is 1. The number of nitrogens with one attached hydrogen (secondary N) is 1. The van der Waals surface area contributed by atoms with Crippen molar-refractivity contribution < 1.29 is 22.1 Å². The molecule has 2 aromatic rings. The average molecular weight is 286 g/mol. The molecule has 6 nitrogen and oxygen atoms in total. The zero-order valence-electron chi connectivity index (χ0n) is 9.96. The predicted molar refractivity (Wildman–Crippen MR) is 63.5 cm³/mol. The first-order valence-corrected chi connectivity index (χ1v) is 6.74. The van der Waals surface area contributed by atoms with Gasteiger partial charge in [0.2, 0.25) is 10.0 Å². The third-order valence-corrected chi connectivity index (χ3v) is 3.76. The molecule has 1 aromatic carbocycles. The topological polar surface area (TPSA) is 81.4 Å². The van der Waals surface area contributed by atoms with E-state index in [9.17, 15) is 12.8 Å². The van der Waals surface area contributed by atoms with Crippen LogP contribution in [0.1, 0.15) is 5.76 Å². The standard InChI is InChI=1S/C11H11FN2O4S/c1-17-11-3-2-9(6-10(11)12)19(15,16)14-7-8-4-5-13-18-8/h2-6,14H,7H2,1H3. The van der Waals surface area contributed by atoms with Crippen LogP contribution in [0.2, 0.25) is 0 Å². The molecule has 0 atom stereocenters. The van der Waals surface area contributed by atoms with E-state index in [0.29, 0.717) is 5.76 Å². The molecule has 8 heteroatoms. The summed E-state index contributed by atoms with van der Waals surface area (Å²) in [5.74, 6) is -0.406. The number of hydrogen-bond donors (Lipinski definition) is 1. The van der Waals surface area contributed by atoms with Gasteiger partial charge in [-0.2, -0.15) is 0 Å². The lowest BCUT2D eigenvalue weighted by Gasteiger charge is -2.07. The summed E-state index contributed by atoms with van der Waals surface area (Å²) in [5, 5.41) is 3.45. The van der Waals surface area contributed by atoms with Gasteiger partial charge in [-0.3, -0.25) is 0 Å². The molecule has 0 radical (unpaired) electrons. The number of hydrogen-bond acceptors (Lipinski definition) is 5. The van der Waals surface area contributed by atoms with Gasteiger partial charge in [0.1, 0.15) is 0 Å². The Morgan fingerprint density at radius 1 is 1.42 bits per heavy atom. The molecule has 1 heterocycles. The molecule has 0 saturated carbocycles. The molecular weight excluding hydrogens is 275 g/mol. The Bertz CT molecular complexity index is 655. The molecule has 19 heavy (non-hydrogen) atoms. The van der Waals surface area contributed by atoms with Gasteiger partial charge >= 0.3 is 0 Å². The highest BCUT2D eigenvalue weighted by Crippen LogP contribution is 2.20. The van der Waals surface area contributed by atoms with Gasteiger partial charge in [-0.05, 0) is 18.2 Å². The monoisotopic (exact) mass is 286 g/mol. The predicted octanol–water partition coefficient (Wildman–Crippen LogP) is 1.30. The third kappa shape index (κ3) is 3.09. The Labute approximate surface area is 109 Å². The summed E-state index contributed by atoms with van der Waals surface area (Å²) in [6.45, 7) is -0.0595. The summed E-state index contributed by atoms with van der Waals surface area (Å²) >= 11 is 0. The van der Waals surface area contributed by atoms with Gasteiger partial charge in [0, 0.05) is 6.07 Å². The van der Waals surface area contributed by atoms with E-state index >= 15 is 0 Å². The van der Waals surface area contributed by atoms with Gasteiger partial charge in [-0.15, -0.1) is 0 Å². The first kappa shape index (κ1) is 13.5. The minimum atomic E-state index is -3.82. The fourth-order valence-electron chi connectivity index (χ4n) is 1.40. The Morgan fingerprint density at radius 3 is 2.79 bits per heavy atom. The van der Waals surface area contributed by atoms with Crippen LogP contribution in [-0.4, -0.2) is 20.7 Å². The van der Waals surface area contributed by atoms with Crippen molar-refractivity contribution in [3.8, 4) is 5.75 Å². The van der Waals surface area contributed by atoms with Crippen LogP contribution < -0.4 is 9.46 Å². The molecule has 0 bridgehead atoms. The van der Waals surface area contributed by atoms with Crippen LogP contribution in [0.25, 0.3) is 0 Å². The fourth-order valence-corrected chi connectivity index (χ4v) is 2.40. The van der Waals surface area contributed by atoms with E-state index in [1.54, 1.807) is 0 Å². The Hall–Kier alpha value is -1.93. The molecule has 1 N–H and O–H groups in total. The molecule has 0 unspecified atom stereocenters. The van der Waals surface area contributed by atoms with Crippen LogP contribution in [0.15, 0.2) is 39.9 Å². The largest absolute Gasteiger partial charge is 0.494 e. The fraction of sp³-hybridized carbons (Fsp3) is 0.182. The van der Waals surface area contributed by atoms with Crippen molar-refractivity contribution in [2.24, 2.45) is 0 Å². The zero-order valence-corrected chi connectivity index (χ0v) is 10.8. The second-order valence-corrected chi connectivity index (χ2v) is 5.37. The number of benzene rings is 1. The maximum absolute atomic E-state index is 13.4. The lowest BCUT2D eigenvalue weighted by molar-refractivity contribution is 0.380. The molecule has 0 aliphatic heterocycles. The van der Waals surface area contributed by atoms with Gasteiger partial charge in [0.25, 0.3) is 0 Å². The summed E-state index contributed by atoms with van der Waals surface area (Å²) in [4.78, 5) is -0.190.